The van der Waals surface area contributed by atoms with Gasteiger partial charge in [-0.1, -0.05) is 91.0 Å². The van der Waals surface area contributed by atoms with Gasteiger partial charge in [0.2, 0.25) is 0 Å². The molecule has 4 saturated carbocycles. The molecule has 0 unspecified atom stereocenters. The van der Waals surface area contributed by atoms with E-state index in [0.29, 0.717) is 28.6 Å². The summed E-state index contributed by atoms with van der Waals surface area (Å²) in [5.41, 5.74) is 9.17. The zero-order valence-electron chi connectivity index (χ0n) is 27.1. The smallest absolute Gasteiger partial charge is 0.188 e. The van der Waals surface area contributed by atoms with Crippen LogP contribution in [-0.2, 0) is 5.41 Å². The lowest BCUT2D eigenvalue weighted by Gasteiger charge is -2.57. The van der Waals surface area contributed by atoms with Crippen LogP contribution in [0.4, 0.5) is 5.69 Å². The Hall–Kier alpha value is -5.60. The molecule has 5 aromatic carbocycles. The van der Waals surface area contributed by atoms with Gasteiger partial charge in [0, 0.05) is 27.5 Å². The predicted molar refractivity (Wildman–Crippen MR) is 195 cm³/mol. The molecule has 2 aromatic heterocycles. The van der Waals surface area contributed by atoms with Crippen LogP contribution >= 0.6 is 0 Å². The normalized spacial score (nSPS) is 22.5. The molecule has 2 heterocycles. The molecule has 4 bridgehead atoms. The van der Waals surface area contributed by atoms with Gasteiger partial charge in [-0.25, -0.2) is 19.8 Å². The Kier molecular flexibility index (Phi) is 6.36. The Morgan fingerprint density at radius 1 is 0.531 bits per heavy atom. The zero-order valence-corrected chi connectivity index (χ0v) is 27.1. The van der Waals surface area contributed by atoms with E-state index in [0.717, 1.165) is 67.5 Å². The minimum atomic E-state index is 0.366. The summed E-state index contributed by atoms with van der Waals surface area (Å²) in [7, 11) is 0. The number of aromatic nitrogens is 3. The highest BCUT2D eigenvalue weighted by Gasteiger charge is 2.51. The van der Waals surface area contributed by atoms with Crippen LogP contribution in [0.5, 0.6) is 0 Å². The summed E-state index contributed by atoms with van der Waals surface area (Å²) < 4.78 is 6.05. The van der Waals surface area contributed by atoms with E-state index in [-0.39, 0.29) is 0 Å². The molecule has 49 heavy (non-hydrogen) atoms. The summed E-state index contributed by atoms with van der Waals surface area (Å²) in [5, 5.41) is 1.96. The molecule has 5 nitrogen and oxygen atoms in total. The third-order valence-corrected chi connectivity index (χ3v) is 11.5. The maximum Gasteiger partial charge on any atom is 0.188 e. The minimum Gasteiger partial charge on any atom is -0.456 e. The van der Waals surface area contributed by atoms with E-state index in [1.165, 1.54) is 44.1 Å². The summed E-state index contributed by atoms with van der Waals surface area (Å²) in [6.45, 7) is 7.43. The lowest BCUT2D eigenvalue weighted by molar-refractivity contribution is -0.00518. The number of nitrogens with zero attached hydrogens (tertiary/aromatic N) is 4. The second-order valence-electron chi connectivity index (χ2n) is 14.6. The molecule has 0 aliphatic heterocycles. The van der Waals surface area contributed by atoms with E-state index in [4.69, 9.17) is 25.9 Å². The van der Waals surface area contributed by atoms with Gasteiger partial charge in [0.25, 0.3) is 0 Å². The molecule has 0 amide bonds. The molecule has 0 atom stereocenters. The average Bonchev–Trinajstić information content (AvgIpc) is 3.52. The van der Waals surface area contributed by atoms with Crippen molar-refractivity contribution in [2.45, 2.75) is 43.9 Å². The van der Waals surface area contributed by atoms with Crippen molar-refractivity contribution in [1.29, 1.82) is 0 Å². The fourth-order valence-electron chi connectivity index (χ4n) is 9.61. The van der Waals surface area contributed by atoms with E-state index < -0.39 is 0 Å². The van der Waals surface area contributed by atoms with Crippen molar-refractivity contribution >= 4 is 27.6 Å². The van der Waals surface area contributed by atoms with Crippen molar-refractivity contribution in [1.82, 2.24) is 15.0 Å². The molecule has 5 heteroatoms. The molecular weight excluding hydrogens is 601 g/mol. The lowest BCUT2D eigenvalue weighted by Crippen LogP contribution is -2.48. The first-order valence-corrected chi connectivity index (χ1v) is 17.5. The second kappa shape index (κ2) is 11.0. The van der Waals surface area contributed by atoms with Gasteiger partial charge in [-0.2, -0.15) is 0 Å². The van der Waals surface area contributed by atoms with Crippen LogP contribution in [-0.4, -0.2) is 15.0 Å². The van der Waals surface area contributed by atoms with E-state index in [9.17, 15) is 0 Å². The first-order valence-electron chi connectivity index (χ1n) is 17.5. The lowest BCUT2D eigenvalue weighted by atomic mass is 9.48. The largest absolute Gasteiger partial charge is 0.456 e. The molecular formula is C44H34N4O. The Bertz CT molecular complexity index is 2380. The monoisotopic (exact) mass is 634 g/mol. The quantitative estimate of drug-likeness (QED) is 0.177. The third kappa shape index (κ3) is 4.85. The molecule has 4 fully saturated rings. The Labute approximate surface area is 285 Å². The van der Waals surface area contributed by atoms with Gasteiger partial charge in [0.05, 0.1) is 6.57 Å². The highest BCUT2D eigenvalue weighted by molar-refractivity contribution is 6.07. The van der Waals surface area contributed by atoms with Crippen molar-refractivity contribution in [2.24, 2.45) is 17.8 Å². The molecule has 0 saturated heterocycles. The number of furan rings is 1. The number of fused-ring (bicyclic) bond motifs is 3. The summed E-state index contributed by atoms with van der Waals surface area (Å²) in [5.74, 6) is 4.78. The fourth-order valence-corrected chi connectivity index (χ4v) is 9.61. The first-order chi connectivity index (χ1) is 24.1. The van der Waals surface area contributed by atoms with Crippen LogP contribution in [0.25, 0.3) is 72.1 Å². The van der Waals surface area contributed by atoms with Gasteiger partial charge >= 0.3 is 0 Å². The zero-order chi connectivity index (χ0) is 32.5. The van der Waals surface area contributed by atoms with E-state index in [1.807, 2.05) is 36.4 Å². The number of hydrogen-bond acceptors (Lipinski definition) is 4. The highest BCUT2D eigenvalue weighted by atomic mass is 16.3. The first kappa shape index (κ1) is 28.4. The van der Waals surface area contributed by atoms with Crippen molar-refractivity contribution in [3.8, 4) is 45.3 Å². The van der Waals surface area contributed by atoms with Gasteiger partial charge in [-0.05, 0) is 103 Å². The molecule has 0 radical (unpaired) electrons. The van der Waals surface area contributed by atoms with Crippen molar-refractivity contribution in [3.63, 3.8) is 0 Å². The topological polar surface area (TPSA) is 56.2 Å². The maximum absolute atomic E-state index is 7.43. The van der Waals surface area contributed by atoms with Gasteiger partial charge in [0.15, 0.2) is 23.2 Å². The molecule has 11 rings (SSSR count). The Balaban J connectivity index is 1.00. The molecule has 0 N–H and O–H groups in total. The van der Waals surface area contributed by atoms with Gasteiger partial charge in [0.1, 0.15) is 11.2 Å². The van der Waals surface area contributed by atoms with E-state index in [1.54, 1.807) is 6.07 Å². The molecule has 236 valence electrons. The van der Waals surface area contributed by atoms with Crippen LogP contribution in [0.2, 0.25) is 0 Å². The minimum absolute atomic E-state index is 0.366. The second-order valence-corrected chi connectivity index (χ2v) is 14.6. The summed E-state index contributed by atoms with van der Waals surface area (Å²) in [6, 6.07) is 39.6. The van der Waals surface area contributed by atoms with E-state index in [2.05, 4.69) is 77.6 Å². The third-order valence-electron chi connectivity index (χ3n) is 11.5. The van der Waals surface area contributed by atoms with Gasteiger partial charge in [-0.15, -0.1) is 0 Å². The Morgan fingerprint density at radius 3 is 1.61 bits per heavy atom. The van der Waals surface area contributed by atoms with Gasteiger partial charge < -0.3 is 4.42 Å². The van der Waals surface area contributed by atoms with Crippen LogP contribution in [0.1, 0.15) is 44.1 Å². The van der Waals surface area contributed by atoms with Crippen LogP contribution in [0, 0.1) is 24.3 Å². The summed E-state index contributed by atoms with van der Waals surface area (Å²) >= 11 is 0. The Morgan fingerprint density at radius 2 is 1.02 bits per heavy atom. The van der Waals surface area contributed by atoms with Crippen molar-refractivity contribution in [2.75, 3.05) is 0 Å². The number of hydrogen-bond donors (Lipinski definition) is 0. The molecule has 4 aliphatic rings. The SMILES string of the molecule is [C-]#[N+]c1ccc2oc3ccc(-c4ccc(-c5nc(-c6ccccc6)nc(-c6ccc(C78CC9CC(CC(C9)C7)C8)cc6)n5)cc4)cc3c2c1. The maximum atomic E-state index is 7.43. The van der Waals surface area contributed by atoms with Crippen molar-refractivity contribution in [3.05, 3.63) is 132 Å². The standard InChI is InChI=1S/C44H34N4O/c1-45-36-16-18-40-38(23-36)37-22-34(13-17-39(37)49-40)30-7-9-32(10-8-30)42-46-41(31-5-3-2-4-6-31)47-43(48-42)33-11-14-35(15-12-33)44-24-27-19-28(25-44)21-29(20-27)26-44/h2-18,22-23,27-29H,19-21,24-26H2. The van der Waals surface area contributed by atoms with Crippen molar-refractivity contribution < 1.29 is 4.42 Å². The molecule has 4 aliphatic carbocycles. The number of benzene rings is 5. The summed E-state index contributed by atoms with van der Waals surface area (Å²) in [4.78, 5) is 18.6. The predicted octanol–water partition coefficient (Wildman–Crippen LogP) is 11.5. The van der Waals surface area contributed by atoms with Gasteiger partial charge in [-0.3, -0.25) is 0 Å². The highest BCUT2D eigenvalue weighted by Crippen LogP contribution is 2.60. The fraction of sp³-hybridized carbons (Fsp3) is 0.227. The van der Waals surface area contributed by atoms with Crippen LogP contribution in [0.3, 0.4) is 0 Å². The molecule has 7 aromatic rings. The number of rotatable bonds is 5. The van der Waals surface area contributed by atoms with Crippen LogP contribution < -0.4 is 0 Å². The van der Waals surface area contributed by atoms with Crippen LogP contribution in [0.15, 0.2) is 120 Å². The van der Waals surface area contributed by atoms with E-state index >= 15 is 0 Å². The summed E-state index contributed by atoms with van der Waals surface area (Å²) in [6.07, 6.45) is 8.44. The molecule has 0 spiro atoms. The average molecular weight is 635 g/mol.